The van der Waals surface area contributed by atoms with Crippen molar-refractivity contribution < 1.29 is 28.1 Å². The summed E-state index contributed by atoms with van der Waals surface area (Å²) in [6, 6.07) is 0. The zero-order chi connectivity index (χ0) is 9.71. The van der Waals surface area contributed by atoms with E-state index in [1.807, 2.05) is 4.73 Å². The molecule has 0 aliphatic rings. The number of hydrogen-bond donors (Lipinski definition) is 1. The molecule has 7 heteroatoms. The lowest BCUT2D eigenvalue weighted by molar-refractivity contribution is -0.849. The van der Waals surface area contributed by atoms with Crippen molar-refractivity contribution in [2.24, 2.45) is 0 Å². The van der Waals surface area contributed by atoms with E-state index in [9.17, 15) is 4.53 Å². The van der Waals surface area contributed by atoms with E-state index in [-0.39, 0.29) is 0 Å². The van der Waals surface area contributed by atoms with Gasteiger partial charge in [-0.1, -0.05) is 0 Å². The number of quaternary nitrogens is 1. The van der Waals surface area contributed by atoms with E-state index in [1.165, 1.54) is 0 Å². The summed E-state index contributed by atoms with van der Waals surface area (Å²) in [5.41, 5.74) is 0. The lowest BCUT2D eigenvalue weighted by atomic mass is 10.8. The van der Waals surface area contributed by atoms with Crippen molar-refractivity contribution >= 4 is 7.82 Å². The van der Waals surface area contributed by atoms with Gasteiger partial charge in [-0.2, -0.15) is 0 Å². The first-order chi connectivity index (χ1) is 4.56. The van der Waals surface area contributed by atoms with Crippen LogP contribution in [0, 0.1) is 0 Å². The fourth-order valence-electron chi connectivity index (χ4n) is 0. The second kappa shape index (κ2) is 4.79. The minimum absolute atomic E-state index is 1.00. The summed E-state index contributed by atoms with van der Waals surface area (Å²) in [6.07, 6.45) is 0. The average molecular weight is 189 g/mol. The van der Waals surface area contributed by atoms with Gasteiger partial charge >= 0.3 is 7.82 Å². The summed E-state index contributed by atoms with van der Waals surface area (Å²) in [4.78, 5) is 16.2. The van der Waals surface area contributed by atoms with Crippen LogP contribution in [-0.4, -0.2) is 37.6 Å². The number of phosphoric acid groups is 1. The maximum absolute atomic E-state index is 10.2. The van der Waals surface area contributed by atoms with Gasteiger partial charge in [0.1, 0.15) is 0 Å². The van der Waals surface area contributed by atoms with Crippen LogP contribution >= 0.6 is 7.82 Å². The summed E-state index contributed by atoms with van der Waals surface area (Å²) in [5, 5.41) is 0. The van der Waals surface area contributed by atoms with E-state index >= 15 is 0 Å². The van der Waals surface area contributed by atoms with Crippen LogP contribution in [0.15, 0.2) is 0 Å². The van der Waals surface area contributed by atoms with Gasteiger partial charge in [-0.3, -0.25) is 4.57 Å². The third kappa shape index (κ3) is 71.1. The normalized spacial score (nSPS) is 16.3. The zero-order valence-corrected chi connectivity index (χ0v) is 7.84. The fourth-order valence-corrected chi connectivity index (χ4v) is 0. The molecule has 1 unspecified atom stereocenters. The number of nitrogens with zero attached hydrogens (tertiary/aromatic N) is 1. The molecule has 0 spiro atoms. The molecule has 0 heterocycles. The Labute approximate surface area is 65.1 Å². The summed E-state index contributed by atoms with van der Waals surface area (Å²) in [6.45, 7) is 0. The molecular weight excluding hydrogens is 176 g/mol. The molecule has 0 bridgehead atoms. The second-order valence-corrected chi connectivity index (χ2v) is 4.30. The molecule has 70 valence electrons. The summed E-state index contributed by atoms with van der Waals surface area (Å²) in [5.74, 6) is 0. The number of halogens is 1. The highest BCUT2D eigenvalue weighted by Crippen LogP contribution is 2.29. The second-order valence-electron chi connectivity index (χ2n) is 3.22. The van der Waals surface area contributed by atoms with Gasteiger partial charge in [-0.15, -0.1) is 4.73 Å². The Kier molecular flexibility index (Phi) is 5.92. The van der Waals surface area contributed by atoms with Crippen LogP contribution in [0.25, 0.3) is 0 Å². The highest BCUT2D eigenvalue weighted by Gasteiger charge is 1.96. The van der Waals surface area contributed by atoms with Crippen molar-refractivity contribution in [1.82, 2.24) is 0 Å². The van der Waals surface area contributed by atoms with Crippen LogP contribution in [0.1, 0.15) is 0 Å². The van der Waals surface area contributed by atoms with Crippen molar-refractivity contribution in [2.45, 2.75) is 0 Å². The molecule has 1 N–H and O–H groups in total. The predicted octanol–water partition coefficient (Wildman–Crippen LogP) is -0.329. The molecule has 0 rings (SSSR count). The van der Waals surface area contributed by atoms with Crippen molar-refractivity contribution in [1.29, 1.82) is 0 Å². The van der Waals surface area contributed by atoms with Gasteiger partial charge in [0, 0.05) is 0 Å². The largest absolute Gasteiger partial charge is 0.754 e. The van der Waals surface area contributed by atoms with Gasteiger partial charge in [0.25, 0.3) is 0 Å². The highest BCUT2D eigenvalue weighted by atomic mass is 31.2. The van der Waals surface area contributed by atoms with Crippen molar-refractivity contribution in [3.8, 4) is 0 Å². The van der Waals surface area contributed by atoms with Gasteiger partial charge in [-0.25, -0.2) is 0 Å². The molecular formula is C4H13FNO4P. The van der Waals surface area contributed by atoms with E-state index in [0.29, 0.717) is 0 Å². The first-order valence-corrected chi connectivity index (χ1v) is 4.19. The standard InChI is InChI=1S/C4H12N.FH2O4P/c1-5(2,3)4;1-5-6(2,3)4/h1-4H3;(H2,2,3,4)/q+1;/p-1. The lowest BCUT2D eigenvalue weighted by Gasteiger charge is -2.14. The van der Waals surface area contributed by atoms with E-state index < -0.39 is 7.82 Å². The molecule has 0 saturated carbocycles. The third-order valence-electron chi connectivity index (χ3n) is 0.0872. The van der Waals surface area contributed by atoms with E-state index in [4.69, 9.17) is 14.4 Å². The van der Waals surface area contributed by atoms with Crippen LogP contribution in [0.4, 0.5) is 4.53 Å². The Hall–Kier alpha value is -0.0000000000000000555. The molecule has 0 aromatic heterocycles. The van der Waals surface area contributed by atoms with Crippen LogP contribution in [0.5, 0.6) is 0 Å². The summed E-state index contributed by atoms with van der Waals surface area (Å²) >= 11 is 0. The van der Waals surface area contributed by atoms with Gasteiger partial charge in [0.15, 0.2) is 0 Å². The van der Waals surface area contributed by atoms with Crippen LogP contribution in [-0.2, 0) is 9.29 Å². The first kappa shape index (κ1) is 13.6. The lowest BCUT2D eigenvalue weighted by Crippen LogP contribution is -2.27. The minimum Gasteiger partial charge on any atom is -0.754 e. The molecule has 1 atom stereocenters. The van der Waals surface area contributed by atoms with E-state index in [0.717, 1.165) is 4.48 Å². The quantitative estimate of drug-likeness (QED) is 0.453. The van der Waals surface area contributed by atoms with Gasteiger partial charge in [-0.05, 0) is 4.53 Å². The highest BCUT2D eigenvalue weighted by molar-refractivity contribution is 7.44. The molecule has 0 saturated heterocycles. The maximum Gasteiger partial charge on any atom is 0.301 e. The van der Waals surface area contributed by atoms with Crippen LogP contribution in [0.3, 0.4) is 0 Å². The molecule has 0 amide bonds. The molecule has 0 aromatic carbocycles. The van der Waals surface area contributed by atoms with E-state index in [1.54, 1.807) is 0 Å². The first-order valence-electron chi connectivity index (χ1n) is 2.69. The summed E-state index contributed by atoms with van der Waals surface area (Å²) in [7, 11) is 3.44. The maximum atomic E-state index is 10.2. The topological polar surface area (TPSA) is 69.6 Å². The third-order valence-corrected chi connectivity index (χ3v) is 0.262. The average Bonchev–Trinajstić information content (AvgIpc) is 1.59. The molecule has 0 radical (unpaired) electrons. The monoisotopic (exact) mass is 189 g/mol. The number of rotatable bonds is 1. The molecule has 11 heavy (non-hydrogen) atoms. The molecule has 5 nitrogen and oxygen atoms in total. The number of hydrogen-bond acceptors (Lipinski definition) is 3. The SMILES string of the molecule is C[N+](C)(C)C.O=P([O-])(O)OF. The van der Waals surface area contributed by atoms with Gasteiger partial charge < -0.3 is 14.3 Å². The Bertz CT molecular complexity index is 134. The Morgan fingerprint density at radius 3 is 1.55 bits per heavy atom. The van der Waals surface area contributed by atoms with Crippen LogP contribution in [0.2, 0.25) is 0 Å². The van der Waals surface area contributed by atoms with Gasteiger partial charge in [0.05, 0.1) is 28.2 Å². The van der Waals surface area contributed by atoms with Crippen molar-refractivity contribution in [3.63, 3.8) is 0 Å². The van der Waals surface area contributed by atoms with E-state index in [2.05, 4.69) is 28.2 Å². The molecule has 0 aromatic rings. The smallest absolute Gasteiger partial charge is 0.301 e. The Morgan fingerprint density at radius 2 is 1.55 bits per heavy atom. The zero-order valence-electron chi connectivity index (χ0n) is 6.94. The minimum atomic E-state index is -5.06. The Morgan fingerprint density at radius 1 is 1.45 bits per heavy atom. The Balaban J connectivity index is 0. The summed E-state index contributed by atoms with van der Waals surface area (Å²) < 4.78 is 22.2. The van der Waals surface area contributed by atoms with Crippen molar-refractivity contribution in [3.05, 3.63) is 0 Å². The molecule has 0 aliphatic carbocycles. The van der Waals surface area contributed by atoms with Crippen molar-refractivity contribution in [2.75, 3.05) is 28.2 Å². The molecule has 0 aliphatic heterocycles. The van der Waals surface area contributed by atoms with Crippen LogP contribution < -0.4 is 4.89 Å². The fraction of sp³-hybridized carbons (Fsp3) is 1.00. The predicted molar refractivity (Wildman–Crippen MR) is 36.0 cm³/mol. The van der Waals surface area contributed by atoms with Gasteiger partial charge in [0.2, 0.25) is 0 Å². The molecule has 0 fully saturated rings.